The zero-order valence-corrected chi connectivity index (χ0v) is 11.9. The molecule has 1 unspecified atom stereocenters. The third-order valence-corrected chi connectivity index (χ3v) is 3.75. The first-order valence-electron chi connectivity index (χ1n) is 7.16. The lowest BCUT2D eigenvalue weighted by molar-refractivity contribution is 0.0742. The molecular weight excluding hydrogens is 266 g/mol. The average molecular weight is 283 g/mol. The molecule has 0 N–H and O–H groups in total. The van der Waals surface area contributed by atoms with E-state index in [2.05, 4.69) is 11.9 Å². The third-order valence-electron chi connectivity index (χ3n) is 3.75. The Hall–Kier alpha value is -2.43. The summed E-state index contributed by atoms with van der Waals surface area (Å²) in [7, 11) is 0. The van der Waals surface area contributed by atoms with Crippen LogP contribution in [0.25, 0.3) is 5.65 Å². The van der Waals surface area contributed by atoms with Gasteiger partial charge in [0.05, 0.1) is 6.04 Å². The average Bonchev–Trinajstić information content (AvgIpc) is 2.96. The molecule has 108 valence electrons. The summed E-state index contributed by atoms with van der Waals surface area (Å²) in [4.78, 5) is 31.0. The fourth-order valence-electron chi connectivity index (χ4n) is 2.68. The molecule has 1 atom stereocenters. The van der Waals surface area contributed by atoms with Crippen molar-refractivity contribution in [1.82, 2.24) is 14.3 Å². The molecule has 0 saturated carbocycles. The Labute approximate surface area is 122 Å². The van der Waals surface area contributed by atoms with Crippen molar-refractivity contribution in [3.8, 4) is 0 Å². The summed E-state index contributed by atoms with van der Waals surface area (Å²) in [6.07, 6.45) is 8.94. The van der Waals surface area contributed by atoms with Gasteiger partial charge in [0.15, 0.2) is 0 Å². The normalized spacial score (nSPS) is 17.6. The minimum absolute atomic E-state index is 0.0818. The standard InChI is InChI=1S/C16H17N3O2/c1-2-6-12-7-5-10-18(12)15(20)13-11-17-14-8-3-4-9-19(14)16(13)21/h3-5,7-9,11-12H,2,6,10H2,1H3. The van der Waals surface area contributed by atoms with Crippen molar-refractivity contribution in [2.75, 3.05) is 6.54 Å². The van der Waals surface area contributed by atoms with E-state index in [0.717, 1.165) is 12.8 Å². The van der Waals surface area contributed by atoms with Gasteiger partial charge < -0.3 is 4.90 Å². The number of carbonyl (C=O) groups is 1. The predicted molar refractivity (Wildman–Crippen MR) is 80.3 cm³/mol. The Kier molecular flexibility index (Phi) is 3.56. The number of nitrogens with zero attached hydrogens (tertiary/aromatic N) is 3. The molecule has 5 heteroatoms. The van der Waals surface area contributed by atoms with Gasteiger partial charge in [-0.05, 0) is 18.6 Å². The monoisotopic (exact) mass is 283 g/mol. The van der Waals surface area contributed by atoms with Crippen LogP contribution in [0.15, 0.2) is 47.5 Å². The van der Waals surface area contributed by atoms with Gasteiger partial charge in [-0.1, -0.05) is 31.6 Å². The highest BCUT2D eigenvalue weighted by Gasteiger charge is 2.27. The maximum atomic E-state index is 12.6. The van der Waals surface area contributed by atoms with Crippen molar-refractivity contribution in [3.63, 3.8) is 0 Å². The summed E-state index contributed by atoms with van der Waals surface area (Å²) in [6, 6.07) is 5.39. The van der Waals surface area contributed by atoms with E-state index in [1.54, 1.807) is 23.2 Å². The van der Waals surface area contributed by atoms with Crippen LogP contribution in [0, 0.1) is 0 Å². The second-order valence-corrected chi connectivity index (χ2v) is 5.15. The van der Waals surface area contributed by atoms with Crippen LogP contribution in [-0.4, -0.2) is 32.8 Å². The zero-order chi connectivity index (χ0) is 14.8. The molecule has 0 fully saturated rings. The smallest absolute Gasteiger partial charge is 0.270 e. The zero-order valence-electron chi connectivity index (χ0n) is 11.9. The van der Waals surface area contributed by atoms with Crippen LogP contribution in [0.1, 0.15) is 30.1 Å². The lowest BCUT2D eigenvalue weighted by Gasteiger charge is -2.24. The molecule has 0 bridgehead atoms. The Morgan fingerprint density at radius 3 is 3.10 bits per heavy atom. The Bertz CT molecular complexity index is 763. The van der Waals surface area contributed by atoms with E-state index in [4.69, 9.17) is 0 Å². The number of rotatable bonds is 3. The minimum Gasteiger partial charge on any atom is -0.328 e. The molecule has 3 rings (SSSR count). The van der Waals surface area contributed by atoms with E-state index in [-0.39, 0.29) is 23.1 Å². The quantitative estimate of drug-likeness (QED) is 0.808. The van der Waals surface area contributed by atoms with Gasteiger partial charge in [-0.3, -0.25) is 14.0 Å². The lowest BCUT2D eigenvalue weighted by atomic mass is 10.1. The maximum absolute atomic E-state index is 12.6. The molecule has 0 aliphatic carbocycles. The molecule has 0 radical (unpaired) electrons. The highest BCUT2D eigenvalue weighted by atomic mass is 16.2. The van der Waals surface area contributed by atoms with Crippen molar-refractivity contribution < 1.29 is 4.79 Å². The molecule has 0 saturated heterocycles. The van der Waals surface area contributed by atoms with Crippen LogP contribution in [0.2, 0.25) is 0 Å². The van der Waals surface area contributed by atoms with Gasteiger partial charge in [0.1, 0.15) is 11.2 Å². The second-order valence-electron chi connectivity index (χ2n) is 5.15. The number of pyridine rings is 1. The molecule has 5 nitrogen and oxygen atoms in total. The third kappa shape index (κ3) is 2.35. The highest BCUT2D eigenvalue weighted by molar-refractivity contribution is 5.94. The first kappa shape index (κ1) is 13.5. The van der Waals surface area contributed by atoms with Crippen LogP contribution in [0.4, 0.5) is 0 Å². The molecule has 0 aromatic carbocycles. The SMILES string of the molecule is CCCC1C=CCN1C(=O)c1cnc2ccccn2c1=O. The molecule has 0 spiro atoms. The van der Waals surface area contributed by atoms with Crippen LogP contribution >= 0.6 is 0 Å². The van der Waals surface area contributed by atoms with Crippen molar-refractivity contribution in [2.45, 2.75) is 25.8 Å². The molecular formula is C16H17N3O2. The predicted octanol–water partition coefficient (Wildman–Crippen LogP) is 1.88. The Morgan fingerprint density at radius 2 is 2.29 bits per heavy atom. The summed E-state index contributed by atoms with van der Waals surface area (Å²) in [5.41, 5.74) is 0.361. The first-order valence-corrected chi connectivity index (χ1v) is 7.16. The van der Waals surface area contributed by atoms with Gasteiger partial charge >= 0.3 is 0 Å². The molecule has 1 amide bonds. The van der Waals surface area contributed by atoms with E-state index in [0.29, 0.717) is 12.2 Å². The van der Waals surface area contributed by atoms with E-state index in [1.807, 2.05) is 18.2 Å². The molecule has 2 aromatic rings. The number of carbonyl (C=O) groups excluding carboxylic acids is 1. The number of hydrogen-bond donors (Lipinski definition) is 0. The second kappa shape index (κ2) is 5.52. The highest BCUT2D eigenvalue weighted by Crippen LogP contribution is 2.17. The molecule has 2 aromatic heterocycles. The van der Waals surface area contributed by atoms with Crippen LogP contribution < -0.4 is 5.56 Å². The number of amides is 1. The maximum Gasteiger partial charge on any atom is 0.270 e. The van der Waals surface area contributed by atoms with Gasteiger partial charge in [-0.25, -0.2) is 4.98 Å². The van der Waals surface area contributed by atoms with E-state index < -0.39 is 0 Å². The first-order chi connectivity index (χ1) is 10.2. The van der Waals surface area contributed by atoms with E-state index >= 15 is 0 Å². The summed E-state index contributed by atoms with van der Waals surface area (Å²) in [5.74, 6) is -0.241. The van der Waals surface area contributed by atoms with Gasteiger partial charge in [0.25, 0.3) is 11.5 Å². The number of aromatic nitrogens is 2. The van der Waals surface area contributed by atoms with Crippen LogP contribution in [0.5, 0.6) is 0 Å². The molecule has 21 heavy (non-hydrogen) atoms. The summed E-state index contributed by atoms with van der Waals surface area (Å²) < 4.78 is 1.41. The van der Waals surface area contributed by atoms with E-state index in [1.165, 1.54) is 10.6 Å². The van der Waals surface area contributed by atoms with Gasteiger partial charge in [0.2, 0.25) is 0 Å². The fraction of sp³-hybridized carbons (Fsp3) is 0.312. The number of hydrogen-bond acceptors (Lipinski definition) is 3. The van der Waals surface area contributed by atoms with Gasteiger partial charge in [-0.15, -0.1) is 0 Å². The summed E-state index contributed by atoms with van der Waals surface area (Å²) >= 11 is 0. The fourth-order valence-corrected chi connectivity index (χ4v) is 2.68. The summed E-state index contributed by atoms with van der Waals surface area (Å²) in [5, 5.41) is 0. The topological polar surface area (TPSA) is 54.7 Å². The minimum atomic E-state index is -0.312. The molecule has 1 aliphatic heterocycles. The van der Waals surface area contributed by atoms with Gasteiger partial charge in [0, 0.05) is 18.9 Å². The molecule has 1 aliphatic rings. The Balaban J connectivity index is 1.99. The van der Waals surface area contributed by atoms with Crippen molar-refractivity contribution in [2.24, 2.45) is 0 Å². The number of fused-ring (bicyclic) bond motifs is 1. The van der Waals surface area contributed by atoms with Crippen LogP contribution in [-0.2, 0) is 0 Å². The summed E-state index contributed by atoms with van der Waals surface area (Å²) in [6.45, 7) is 2.64. The van der Waals surface area contributed by atoms with Crippen molar-refractivity contribution in [1.29, 1.82) is 0 Å². The van der Waals surface area contributed by atoms with Crippen molar-refractivity contribution >= 4 is 11.6 Å². The lowest BCUT2D eigenvalue weighted by Crippen LogP contribution is -2.39. The van der Waals surface area contributed by atoms with Crippen LogP contribution in [0.3, 0.4) is 0 Å². The van der Waals surface area contributed by atoms with Gasteiger partial charge in [-0.2, -0.15) is 0 Å². The largest absolute Gasteiger partial charge is 0.328 e. The molecule has 3 heterocycles. The Morgan fingerprint density at radius 1 is 1.43 bits per heavy atom. The van der Waals surface area contributed by atoms with E-state index in [9.17, 15) is 9.59 Å². The van der Waals surface area contributed by atoms with Crippen molar-refractivity contribution in [3.05, 3.63) is 58.7 Å².